The van der Waals surface area contributed by atoms with Gasteiger partial charge in [-0.05, 0) is 31.7 Å². The molecule has 0 saturated heterocycles. The molecule has 86 valence electrons. The van der Waals surface area contributed by atoms with Crippen LogP contribution in [-0.2, 0) is 9.59 Å². The van der Waals surface area contributed by atoms with Crippen molar-refractivity contribution in [3.05, 3.63) is 0 Å². The molecular formula is C10H18N2O3. The Balaban J connectivity index is 2.11. The van der Waals surface area contributed by atoms with Crippen molar-refractivity contribution in [1.29, 1.82) is 0 Å². The second-order valence-electron chi connectivity index (χ2n) is 3.88. The second kappa shape index (κ2) is 5.70. The molecule has 0 radical (unpaired) electrons. The van der Waals surface area contributed by atoms with Gasteiger partial charge >= 0.3 is 5.97 Å². The van der Waals surface area contributed by atoms with Crippen molar-refractivity contribution in [3.63, 3.8) is 0 Å². The highest BCUT2D eigenvalue weighted by molar-refractivity contribution is 5.75. The van der Waals surface area contributed by atoms with E-state index in [1.165, 1.54) is 0 Å². The third kappa shape index (κ3) is 4.29. The number of carbonyl (C=O) groups is 2. The fraction of sp³-hybridized carbons (Fsp3) is 0.800. The maximum absolute atomic E-state index is 10.9. The van der Waals surface area contributed by atoms with Gasteiger partial charge in [0.25, 0.3) is 0 Å². The van der Waals surface area contributed by atoms with Gasteiger partial charge in [-0.1, -0.05) is 0 Å². The SMILES string of the molecule is CNC(=O)CCCNC(C(=O)O)C1CC1. The van der Waals surface area contributed by atoms with E-state index in [0.29, 0.717) is 25.3 Å². The lowest BCUT2D eigenvalue weighted by Gasteiger charge is -2.12. The molecule has 0 spiro atoms. The van der Waals surface area contributed by atoms with Gasteiger partial charge < -0.3 is 15.7 Å². The molecule has 1 aliphatic rings. The minimum absolute atomic E-state index is 0.00454. The number of carboxylic acids is 1. The van der Waals surface area contributed by atoms with Gasteiger partial charge in [0.05, 0.1) is 0 Å². The first-order chi connectivity index (χ1) is 7.15. The standard InChI is InChI=1S/C10H18N2O3/c1-11-8(13)3-2-6-12-9(10(14)15)7-4-5-7/h7,9,12H,2-6H2,1H3,(H,11,13)(H,14,15). The average molecular weight is 214 g/mol. The van der Waals surface area contributed by atoms with E-state index in [2.05, 4.69) is 10.6 Å². The molecule has 0 heterocycles. The predicted molar refractivity (Wildman–Crippen MR) is 55.5 cm³/mol. The third-order valence-electron chi connectivity index (χ3n) is 2.58. The molecule has 0 aromatic carbocycles. The lowest BCUT2D eigenvalue weighted by molar-refractivity contribution is -0.140. The first-order valence-electron chi connectivity index (χ1n) is 5.32. The van der Waals surface area contributed by atoms with E-state index in [-0.39, 0.29) is 5.91 Å². The highest BCUT2D eigenvalue weighted by Gasteiger charge is 2.35. The number of carboxylic acid groups (broad SMARTS) is 1. The largest absolute Gasteiger partial charge is 0.480 e. The van der Waals surface area contributed by atoms with Crippen molar-refractivity contribution < 1.29 is 14.7 Å². The molecule has 15 heavy (non-hydrogen) atoms. The van der Waals surface area contributed by atoms with Crippen molar-refractivity contribution in [2.24, 2.45) is 5.92 Å². The lowest BCUT2D eigenvalue weighted by Crippen LogP contribution is -2.39. The Labute approximate surface area is 89.2 Å². The minimum atomic E-state index is -0.780. The fourth-order valence-electron chi connectivity index (χ4n) is 1.52. The number of aliphatic carboxylic acids is 1. The molecule has 0 aromatic rings. The van der Waals surface area contributed by atoms with Gasteiger partial charge in [-0.25, -0.2) is 0 Å². The minimum Gasteiger partial charge on any atom is -0.480 e. The molecule has 1 aliphatic carbocycles. The number of carbonyl (C=O) groups excluding carboxylic acids is 1. The average Bonchev–Trinajstić information content (AvgIpc) is 3.00. The smallest absolute Gasteiger partial charge is 0.320 e. The Kier molecular flexibility index (Phi) is 4.55. The molecule has 1 rings (SSSR count). The summed E-state index contributed by atoms with van der Waals surface area (Å²) >= 11 is 0. The Morgan fingerprint density at radius 1 is 1.47 bits per heavy atom. The fourth-order valence-corrected chi connectivity index (χ4v) is 1.52. The van der Waals surface area contributed by atoms with Crippen molar-refractivity contribution in [2.75, 3.05) is 13.6 Å². The zero-order valence-electron chi connectivity index (χ0n) is 8.95. The van der Waals surface area contributed by atoms with Gasteiger partial charge in [-0.2, -0.15) is 0 Å². The molecule has 5 nitrogen and oxygen atoms in total. The topological polar surface area (TPSA) is 78.4 Å². The van der Waals surface area contributed by atoms with Gasteiger partial charge in [0.1, 0.15) is 6.04 Å². The van der Waals surface area contributed by atoms with Crippen LogP contribution in [0.1, 0.15) is 25.7 Å². The normalized spacial score (nSPS) is 17.1. The van der Waals surface area contributed by atoms with Crippen LogP contribution in [0.4, 0.5) is 0 Å². The number of hydrogen-bond acceptors (Lipinski definition) is 3. The van der Waals surface area contributed by atoms with E-state index in [1.807, 2.05) is 0 Å². The Hall–Kier alpha value is -1.10. The maximum atomic E-state index is 10.9. The number of amides is 1. The van der Waals surface area contributed by atoms with Crippen LogP contribution in [0.2, 0.25) is 0 Å². The Morgan fingerprint density at radius 3 is 2.60 bits per heavy atom. The van der Waals surface area contributed by atoms with Crippen molar-refractivity contribution in [1.82, 2.24) is 10.6 Å². The van der Waals surface area contributed by atoms with Crippen LogP contribution in [0.5, 0.6) is 0 Å². The van der Waals surface area contributed by atoms with E-state index < -0.39 is 12.0 Å². The van der Waals surface area contributed by atoms with E-state index in [4.69, 9.17) is 5.11 Å². The Morgan fingerprint density at radius 2 is 2.13 bits per heavy atom. The molecule has 0 aromatic heterocycles. The van der Waals surface area contributed by atoms with Crippen LogP contribution >= 0.6 is 0 Å². The molecular weight excluding hydrogens is 196 g/mol. The number of rotatable bonds is 7. The summed E-state index contributed by atoms with van der Waals surface area (Å²) in [6.45, 7) is 0.584. The first-order valence-corrected chi connectivity index (χ1v) is 5.32. The van der Waals surface area contributed by atoms with Crippen molar-refractivity contribution in [2.45, 2.75) is 31.7 Å². The molecule has 5 heteroatoms. The summed E-state index contributed by atoms with van der Waals surface area (Å²) in [4.78, 5) is 21.7. The molecule has 1 amide bonds. The quantitative estimate of drug-likeness (QED) is 0.520. The Bertz CT molecular complexity index is 239. The highest BCUT2D eigenvalue weighted by Crippen LogP contribution is 2.32. The molecule has 0 bridgehead atoms. The van der Waals surface area contributed by atoms with Crippen LogP contribution in [0.3, 0.4) is 0 Å². The van der Waals surface area contributed by atoms with E-state index in [1.54, 1.807) is 7.05 Å². The van der Waals surface area contributed by atoms with Gasteiger partial charge in [-0.3, -0.25) is 9.59 Å². The van der Waals surface area contributed by atoms with E-state index in [0.717, 1.165) is 12.8 Å². The molecule has 1 atom stereocenters. The summed E-state index contributed by atoms with van der Waals surface area (Å²) in [5, 5.41) is 14.4. The first kappa shape index (κ1) is 12.0. The van der Waals surface area contributed by atoms with Crippen LogP contribution in [-0.4, -0.2) is 36.6 Å². The van der Waals surface area contributed by atoms with Gasteiger partial charge in [0, 0.05) is 13.5 Å². The van der Waals surface area contributed by atoms with Crippen molar-refractivity contribution in [3.8, 4) is 0 Å². The van der Waals surface area contributed by atoms with Crippen LogP contribution < -0.4 is 10.6 Å². The summed E-state index contributed by atoms with van der Waals surface area (Å²) in [6.07, 6.45) is 3.12. The molecule has 1 fully saturated rings. The van der Waals surface area contributed by atoms with Crippen LogP contribution in [0.15, 0.2) is 0 Å². The number of nitrogens with one attached hydrogen (secondary N) is 2. The van der Waals surface area contributed by atoms with Crippen LogP contribution in [0.25, 0.3) is 0 Å². The van der Waals surface area contributed by atoms with Gasteiger partial charge in [-0.15, -0.1) is 0 Å². The summed E-state index contributed by atoms with van der Waals surface area (Å²) in [7, 11) is 1.60. The summed E-state index contributed by atoms with van der Waals surface area (Å²) < 4.78 is 0. The van der Waals surface area contributed by atoms with E-state index in [9.17, 15) is 9.59 Å². The molecule has 3 N–H and O–H groups in total. The predicted octanol–water partition coefficient (Wildman–Crippen LogP) is -0.0346. The highest BCUT2D eigenvalue weighted by atomic mass is 16.4. The van der Waals surface area contributed by atoms with Gasteiger partial charge in [0.15, 0.2) is 0 Å². The maximum Gasteiger partial charge on any atom is 0.320 e. The summed E-state index contributed by atoms with van der Waals surface area (Å²) in [5.74, 6) is -0.491. The van der Waals surface area contributed by atoms with Gasteiger partial charge in [0.2, 0.25) is 5.91 Å². The summed E-state index contributed by atoms with van der Waals surface area (Å²) in [5.41, 5.74) is 0. The van der Waals surface area contributed by atoms with Crippen molar-refractivity contribution >= 4 is 11.9 Å². The third-order valence-corrected chi connectivity index (χ3v) is 2.58. The monoisotopic (exact) mass is 214 g/mol. The number of hydrogen-bond donors (Lipinski definition) is 3. The summed E-state index contributed by atoms with van der Waals surface area (Å²) in [6, 6.07) is -0.422. The second-order valence-corrected chi connectivity index (χ2v) is 3.88. The lowest BCUT2D eigenvalue weighted by atomic mass is 10.2. The van der Waals surface area contributed by atoms with Crippen LogP contribution in [0, 0.1) is 5.92 Å². The molecule has 1 unspecified atom stereocenters. The molecule has 1 saturated carbocycles. The molecule has 0 aliphatic heterocycles. The zero-order chi connectivity index (χ0) is 11.3. The van der Waals surface area contributed by atoms with E-state index >= 15 is 0 Å². The zero-order valence-corrected chi connectivity index (χ0v) is 8.95.